The van der Waals surface area contributed by atoms with E-state index < -0.39 is 0 Å². The Kier molecular flexibility index (Phi) is 4.90. The van der Waals surface area contributed by atoms with Gasteiger partial charge in [0.25, 0.3) is 0 Å². The Morgan fingerprint density at radius 3 is 2.19 bits per heavy atom. The summed E-state index contributed by atoms with van der Waals surface area (Å²) in [6.07, 6.45) is 1.89. The fourth-order valence-electron chi connectivity index (χ4n) is 1.83. The fraction of sp³-hybridized carbons (Fsp3) is 0.538. The molecule has 0 aliphatic carbocycles. The van der Waals surface area contributed by atoms with Gasteiger partial charge in [0.2, 0.25) is 0 Å². The van der Waals surface area contributed by atoms with E-state index in [9.17, 15) is 8.78 Å². The lowest BCUT2D eigenvalue weighted by Crippen LogP contribution is -2.08. The minimum atomic E-state index is -0.341. The molecule has 0 radical (unpaired) electrons. The van der Waals surface area contributed by atoms with Crippen molar-refractivity contribution in [2.24, 2.45) is 5.92 Å². The summed E-state index contributed by atoms with van der Waals surface area (Å²) in [4.78, 5) is -0.113. The topological polar surface area (TPSA) is 0 Å². The predicted molar refractivity (Wildman–Crippen MR) is 66.8 cm³/mol. The number of hydrogen-bond acceptors (Lipinski definition) is 0. The van der Waals surface area contributed by atoms with E-state index in [4.69, 9.17) is 0 Å². The summed E-state index contributed by atoms with van der Waals surface area (Å²) in [7, 11) is 0. The summed E-state index contributed by atoms with van der Waals surface area (Å²) in [5.74, 6) is -0.337. The van der Waals surface area contributed by atoms with E-state index in [1.54, 1.807) is 6.92 Å². The van der Waals surface area contributed by atoms with Crippen molar-refractivity contribution in [3.05, 3.63) is 34.9 Å². The monoisotopic (exact) mass is 290 g/mol. The molecule has 0 aromatic heterocycles. The highest BCUT2D eigenvalue weighted by atomic mass is 79.9. The standard InChI is InChI=1S/C13H17BrF2/c1-4-9(5-2)13(14)10-7-11(15)8(3)6-12(10)16/h6-7,9,13H,4-5H2,1-3H3. The summed E-state index contributed by atoms with van der Waals surface area (Å²) >= 11 is 3.48. The zero-order valence-corrected chi connectivity index (χ0v) is 11.4. The largest absolute Gasteiger partial charge is 0.207 e. The first-order valence-electron chi connectivity index (χ1n) is 5.60. The second kappa shape index (κ2) is 5.76. The molecule has 0 spiro atoms. The van der Waals surface area contributed by atoms with Crippen LogP contribution in [0.2, 0.25) is 0 Å². The number of rotatable bonds is 4. The minimum absolute atomic E-state index is 0.113. The van der Waals surface area contributed by atoms with Gasteiger partial charge in [-0.2, -0.15) is 0 Å². The fourth-order valence-corrected chi connectivity index (χ4v) is 2.93. The molecule has 1 atom stereocenters. The lowest BCUT2D eigenvalue weighted by molar-refractivity contribution is 0.469. The highest BCUT2D eigenvalue weighted by molar-refractivity contribution is 9.09. The van der Waals surface area contributed by atoms with Gasteiger partial charge in [-0.15, -0.1) is 0 Å². The molecule has 0 fully saturated rings. The zero-order chi connectivity index (χ0) is 12.3. The van der Waals surface area contributed by atoms with Crippen LogP contribution in [0.5, 0.6) is 0 Å². The number of halogens is 3. The Morgan fingerprint density at radius 2 is 1.69 bits per heavy atom. The van der Waals surface area contributed by atoms with Crippen molar-refractivity contribution < 1.29 is 8.78 Å². The van der Waals surface area contributed by atoms with Crippen LogP contribution in [0.25, 0.3) is 0 Å². The Balaban J connectivity index is 3.07. The summed E-state index contributed by atoms with van der Waals surface area (Å²) < 4.78 is 27.1. The van der Waals surface area contributed by atoms with Crippen molar-refractivity contribution >= 4 is 15.9 Å². The summed E-state index contributed by atoms with van der Waals surface area (Å²) in [6.45, 7) is 5.69. The maximum atomic E-state index is 13.7. The van der Waals surface area contributed by atoms with Crippen LogP contribution >= 0.6 is 15.9 Å². The number of alkyl halides is 1. The molecule has 1 unspecified atom stereocenters. The number of benzene rings is 1. The normalized spacial score (nSPS) is 13.2. The SMILES string of the molecule is CCC(CC)C(Br)c1cc(F)c(C)cc1F. The van der Waals surface area contributed by atoms with Crippen molar-refractivity contribution in [2.45, 2.75) is 38.4 Å². The zero-order valence-electron chi connectivity index (χ0n) is 9.86. The molecule has 0 saturated heterocycles. The molecule has 0 bridgehead atoms. The van der Waals surface area contributed by atoms with Crippen molar-refractivity contribution in [3.63, 3.8) is 0 Å². The molecule has 0 aliphatic rings. The van der Waals surface area contributed by atoms with E-state index in [0.29, 0.717) is 17.0 Å². The maximum absolute atomic E-state index is 13.7. The molecular weight excluding hydrogens is 274 g/mol. The van der Waals surface area contributed by atoms with Gasteiger partial charge in [0, 0.05) is 10.4 Å². The molecule has 1 rings (SSSR count). The maximum Gasteiger partial charge on any atom is 0.128 e. The molecule has 0 saturated carbocycles. The third-order valence-corrected chi connectivity index (χ3v) is 4.28. The highest BCUT2D eigenvalue weighted by Crippen LogP contribution is 2.37. The second-order valence-corrected chi connectivity index (χ2v) is 5.09. The molecule has 0 amide bonds. The van der Waals surface area contributed by atoms with Crippen LogP contribution in [-0.4, -0.2) is 0 Å². The van der Waals surface area contributed by atoms with Crippen LogP contribution in [0.4, 0.5) is 8.78 Å². The van der Waals surface area contributed by atoms with Gasteiger partial charge in [0.1, 0.15) is 11.6 Å². The van der Waals surface area contributed by atoms with Crippen molar-refractivity contribution in [1.29, 1.82) is 0 Å². The molecule has 0 nitrogen and oxygen atoms in total. The lowest BCUT2D eigenvalue weighted by atomic mass is 9.93. The van der Waals surface area contributed by atoms with E-state index in [-0.39, 0.29) is 16.5 Å². The molecule has 0 heterocycles. The average Bonchev–Trinajstić information content (AvgIpc) is 2.25. The Bertz CT molecular complexity index is 359. The van der Waals surface area contributed by atoms with Gasteiger partial charge in [-0.05, 0) is 30.5 Å². The van der Waals surface area contributed by atoms with Crippen molar-refractivity contribution in [1.82, 2.24) is 0 Å². The lowest BCUT2D eigenvalue weighted by Gasteiger charge is -2.20. The smallest absolute Gasteiger partial charge is 0.128 e. The van der Waals surface area contributed by atoms with Crippen LogP contribution in [-0.2, 0) is 0 Å². The molecule has 1 aromatic carbocycles. The van der Waals surface area contributed by atoms with E-state index in [1.807, 2.05) is 0 Å². The van der Waals surface area contributed by atoms with E-state index in [2.05, 4.69) is 29.8 Å². The first-order valence-corrected chi connectivity index (χ1v) is 6.52. The van der Waals surface area contributed by atoms with Crippen LogP contribution in [0.3, 0.4) is 0 Å². The molecule has 3 heteroatoms. The Labute approximate surface area is 104 Å². The second-order valence-electron chi connectivity index (χ2n) is 4.10. The predicted octanol–water partition coefficient (Wildman–Crippen LogP) is 5.15. The van der Waals surface area contributed by atoms with Crippen molar-refractivity contribution in [2.75, 3.05) is 0 Å². The highest BCUT2D eigenvalue weighted by Gasteiger charge is 2.21. The first kappa shape index (κ1) is 13.6. The van der Waals surface area contributed by atoms with Gasteiger partial charge in [-0.3, -0.25) is 0 Å². The molecule has 16 heavy (non-hydrogen) atoms. The molecular formula is C13H17BrF2. The van der Waals surface area contributed by atoms with Gasteiger partial charge < -0.3 is 0 Å². The van der Waals surface area contributed by atoms with Crippen LogP contribution < -0.4 is 0 Å². The Morgan fingerprint density at radius 1 is 1.12 bits per heavy atom. The minimum Gasteiger partial charge on any atom is -0.207 e. The van der Waals surface area contributed by atoms with E-state index in [1.165, 1.54) is 12.1 Å². The van der Waals surface area contributed by atoms with E-state index in [0.717, 1.165) is 12.8 Å². The van der Waals surface area contributed by atoms with Gasteiger partial charge in [-0.25, -0.2) is 8.78 Å². The number of hydrogen-bond donors (Lipinski definition) is 0. The van der Waals surface area contributed by atoms with E-state index >= 15 is 0 Å². The summed E-state index contributed by atoms with van der Waals surface area (Å²) in [6, 6.07) is 2.57. The van der Waals surface area contributed by atoms with Gasteiger partial charge in [-0.1, -0.05) is 42.6 Å². The molecule has 0 N–H and O–H groups in total. The molecule has 0 aliphatic heterocycles. The average molecular weight is 291 g/mol. The quantitative estimate of drug-likeness (QED) is 0.673. The summed E-state index contributed by atoms with van der Waals surface area (Å²) in [5, 5.41) is 0. The number of aryl methyl sites for hydroxylation is 1. The van der Waals surface area contributed by atoms with Crippen LogP contribution in [0, 0.1) is 24.5 Å². The van der Waals surface area contributed by atoms with Crippen LogP contribution in [0.15, 0.2) is 12.1 Å². The van der Waals surface area contributed by atoms with Crippen molar-refractivity contribution in [3.8, 4) is 0 Å². The van der Waals surface area contributed by atoms with Gasteiger partial charge in [0.15, 0.2) is 0 Å². The summed E-state index contributed by atoms with van der Waals surface area (Å²) in [5.41, 5.74) is 0.780. The molecule has 90 valence electrons. The van der Waals surface area contributed by atoms with Gasteiger partial charge in [0.05, 0.1) is 0 Å². The first-order chi connectivity index (χ1) is 7.51. The third-order valence-electron chi connectivity index (χ3n) is 3.04. The Hall–Kier alpha value is -0.440. The molecule has 1 aromatic rings. The third kappa shape index (κ3) is 2.82. The van der Waals surface area contributed by atoms with Crippen LogP contribution in [0.1, 0.15) is 42.6 Å². The van der Waals surface area contributed by atoms with Gasteiger partial charge >= 0.3 is 0 Å².